The van der Waals surface area contributed by atoms with Gasteiger partial charge in [-0.15, -0.1) is 0 Å². The summed E-state index contributed by atoms with van der Waals surface area (Å²) in [7, 11) is 0. The van der Waals surface area contributed by atoms with Crippen LogP contribution in [-0.4, -0.2) is 31.2 Å². The van der Waals surface area contributed by atoms with E-state index in [-0.39, 0.29) is 0 Å². The van der Waals surface area contributed by atoms with E-state index >= 15 is 0 Å². The first-order valence-electron chi connectivity index (χ1n) is 3.15. The lowest BCUT2D eigenvalue weighted by Gasteiger charge is -2.22. The fraction of sp³-hybridized carbons (Fsp3) is 1.00. The highest BCUT2D eigenvalue weighted by Gasteiger charge is 2.59. The number of halogens is 9. The van der Waals surface area contributed by atoms with Crippen molar-refractivity contribution in [3.05, 3.63) is 0 Å². The van der Waals surface area contributed by atoms with E-state index in [1.54, 1.807) is 0 Å². The molecule has 0 saturated carbocycles. The van der Waals surface area contributed by atoms with Gasteiger partial charge in [0.05, 0.1) is 0 Å². The van der Waals surface area contributed by atoms with Crippen LogP contribution < -0.4 is 0 Å². The first-order chi connectivity index (χ1) is 6.36. The third-order valence-electron chi connectivity index (χ3n) is 1.01. The molecular weight excluding hydrogens is 247 g/mol. The second-order valence-corrected chi connectivity index (χ2v) is 2.37. The highest BCUT2D eigenvalue weighted by atomic mass is 19.4. The Bertz CT molecular complexity index is 204. The molecule has 0 heterocycles. The Balaban J connectivity index is 4.43. The zero-order chi connectivity index (χ0) is 12.5. The molecule has 0 aliphatic heterocycles. The van der Waals surface area contributed by atoms with Crippen LogP contribution in [0.2, 0.25) is 0 Å². The van der Waals surface area contributed by atoms with Gasteiger partial charge in [-0.05, 0) is 0 Å². The molecule has 92 valence electrons. The lowest BCUT2D eigenvalue weighted by molar-refractivity contribution is -0.354. The third-order valence-corrected chi connectivity index (χ3v) is 1.01. The molecule has 0 aromatic heterocycles. The van der Waals surface area contributed by atoms with Gasteiger partial charge in [0.2, 0.25) is 0 Å². The van der Waals surface area contributed by atoms with Crippen molar-refractivity contribution in [1.29, 1.82) is 0 Å². The number of hydrogen-bond acceptors (Lipinski definition) is 1. The number of ether oxygens (including phenoxy) is 1. The van der Waals surface area contributed by atoms with E-state index < -0.39 is 31.2 Å². The molecule has 10 heteroatoms. The summed E-state index contributed by atoms with van der Waals surface area (Å²) in [5, 5.41) is 0. The quantitative estimate of drug-likeness (QED) is 0.699. The van der Waals surface area contributed by atoms with Crippen molar-refractivity contribution in [1.82, 2.24) is 0 Å². The monoisotopic (exact) mass is 250 g/mol. The number of rotatable bonds is 3. The summed E-state index contributed by atoms with van der Waals surface area (Å²) in [6.45, 7) is -2.67. The zero-order valence-corrected chi connectivity index (χ0v) is 6.59. The fourth-order valence-corrected chi connectivity index (χ4v) is 0.442. The second-order valence-electron chi connectivity index (χ2n) is 2.37. The first-order valence-corrected chi connectivity index (χ1v) is 3.15. The van der Waals surface area contributed by atoms with Crippen molar-refractivity contribution >= 4 is 0 Å². The van der Waals surface area contributed by atoms with Crippen molar-refractivity contribution in [2.24, 2.45) is 0 Å². The maximum Gasteiger partial charge on any atom is 0.428 e. The van der Waals surface area contributed by atoms with E-state index in [4.69, 9.17) is 0 Å². The summed E-state index contributed by atoms with van der Waals surface area (Å²) in [5.41, 5.74) is 0. The molecule has 0 spiro atoms. The van der Waals surface area contributed by atoms with Crippen molar-refractivity contribution < 1.29 is 44.3 Å². The van der Waals surface area contributed by atoms with E-state index in [0.29, 0.717) is 0 Å². The van der Waals surface area contributed by atoms with E-state index in [9.17, 15) is 39.5 Å². The predicted octanol–water partition coefficient (Wildman–Crippen LogP) is 3.06. The van der Waals surface area contributed by atoms with Crippen LogP contribution >= 0.6 is 0 Å². The van der Waals surface area contributed by atoms with Crippen LogP contribution in [0.25, 0.3) is 0 Å². The molecule has 15 heavy (non-hydrogen) atoms. The van der Waals surface area contributed by atoms with Crippen molar-refractivity contribution in [2.45, 2.75) is 24.6 Å². The van der Waals surface area contributed by atoms with Crippen LogP contribution in [0.4, 0.5) is 39.5 Å². The summed E-state index contributed by atoms with van der Waals surface area (Å²) < 4.78 is 106. The van der Waals surface area contributed by atoms with Gasteiger partial charge < -0.3 is 4.74 Å². The minimum atomic E-state index is -5.99. The van der Waals surface area contributed by atoms with Gasteiger partial charge in [0, 0.05) is 0 Å². The van der Waals surface area contributed by atoms with Crippen molar-refractivity contribution in [3.8, 4) is 0 Å². The van der Waals surface area contributed by atoms with E-state index in [1.807, 2.05) is 0 Å². The Morgan fingerprint density at radius 1 is 0.867 bits per heavy atom. The number of alkyl halides is 9. The normalized spacial score (nSPS) is 16.6. The fourth-order valence-electron chi connectivity index (χ4n) is 0.442. The van der Waals surface area contributed by atoms with Gasteiger partial charge in [-0.1, -0.05) is 0 Å². The summed E-state index contributed by atoms with van der Waals surface area (Å²) in [6, 6.07) is 0. The highest BCUT2D eigenvalue weighted by molar-refractivity contribution is 4.75. The van der Waals surface area contributed by atoms with Gasteiger partial charge in [-0.2, -0.15) is 35.1 Å². The smallest absolute Gasteiger partial charge is 0.308 e. The van der Waals surface area contributed by atoms with Crippen molar-refractivity contribution in [3.63, 3.8) is 0 Å². The van der Waals surface area contributed by atoms with Gasteiger partial charge in [0.15, 0.2) is 0 Å². The Hall–Kier alpha value is -0.670. The SMILES string of the molecule is F[C@@H](C(F)(F)F)C(F)(F)OCC(F)(F)F. The molecule has 0 aromatic carbocycles. The van der Waals surface area contributed by atoms with E-state index in [2.05, 4.69) is 4.74 Å². The van der Waals surface area contributed by atoms with Crippen LogP contribution in [0.15, 0.2) is 0 Å². The lowest BCUT2D eigenvalue weighted by atomic mass is 10.3. The standard InChI is InChI=1S/C5H3F9O/c6-2(4(10,11)12)5(13,14)15-1-3(7,8)9/h2H,1H2/t2-/m0/s1. The average molecular weight is 250 g/mol. The summed E-state index contributed by atoms with van der Waals surface area (Å²) in [6.07, 6.45) is -21.6. The zero-order valence-electron chi connectivity index (χ0n) is 6.59. The maximum absolute atomic E-state index is 12.0. The molecule has 0 fully saturated rings. The molecular formula is C5H3F9O. The minimum absolute atomic E-state index is 2.53. The molecule has 1 atom stereocenters. The Morgan fingerprint density at radius 2 is 1.27 bits per heavy atom. The predicted molar refractivity (Wildman–Crippen MR) is 27.9 cm³/mol. The summed E-state index contributed by atoms with van der Waals surface area (Å²) in [4.78, 5) is 0. The molecule has 0 aliphatic carbocycles. The van der Waals surface area contributed by atoms with Crippen molar-refractivity contribution in [2.75, 3.05) is 6.61 Å². The molecule has 0 unspecified atom stereocenters. The molecule has 0 bridgehead atoms. The molecule has 0 rings (SSSR count). The van der Waals surface area contributed by atoms with Crippen LogP contribution in [0, 0.1) is 0 Å². The van der Waals surface area contributed by atoms with Gasteiger partial charge in [-0.25, -0.2) is 4.39 Å². The minimum Gasteiger partial charge on any atom is -0.308 e. The van der Waals surface area contributed by atoms with Gasteiger partial charge in [0.25, 0.3) is 6.17 Å². The van der Waals surface area contributed by atoms with Gasteiger partial charge in [-0.3, -0.25) is 0 Å². The topological polar surface area (TPSA) is 9.23 Å². The third kappa shape index (κ3) is 5.09. The molecule has 0 radical (unpaired) electrons. The second kappa shape index (κ2) is 4.06. The van der Waals surface area contributed by atoms with E-state index in [1.165, 1.54) is 0 Å². The Kier molecular flexibility index (Phi) is 3.88. The highest BCUT2D eigenvalue weighted by Crippen LogP contribution is 2.36. The molecule has 0 saturated heterocycles. The van der Waals surface area contributed by atoms with Crippen LogP contribution in [-0.2, 0) is 4.74 Å². The maximum atomic E-state index is 12.0. The number of hydrogen-bond donors (Lipinski definition) is 0. The molecule has 0 aromatic rings. The van der Waals surface area contributed by atoms with E-state index in [0.717, 1.165) is 0 Å². The van der Waals surface area contributed by atoms with Crippen LogP contribution in [0.5, 0.6) is 0 Å². The Labute approximate surface area is 76.8 Å². The molecule has 0 amide bonds. The Morgan fingerprint density at radius 3 is 1.53 bits per heavy atom. The summed E-state index contributed by atoms with van der Waals surface area (Å²) in [5.74, 6) is 0. The van der Waals surface area contributed by atoms with Gasteiger partial charge >= 0.3 is 18.5 Å². The van der Waals surface area contributed by atoms with Gasteiger partial charge in [0.1, 0.15) is 6.61 Å². The molecule has 1 nitrogen and oxygen atoms in total. The molecule has 0 N–H and O–H groups in total. The average Bonchev–Trinajstić information content (AvgIpc) is 1.97. The first kappa shape index (κ1) is 14.3. The lowest BCUT2D eigenvalue weighted by Crippen LogP contribution is -2.45. The largest absolute Gasteiger partial charge is 0.428 e. The van der Waals surface area contributed by atoms with Crippen LogP contribution in [0.3, 0.4) is 0 Å². The van der Waals surface area contributed by atoms with Crippen LogP contribution in [0.1, 0.15) is 0 Å². The molecule has 0 aliphatic rings. The summed E-state index contributed by atoms with van der Waals surface area (Å²) >= 11 is 0.